The van der Waals surface area contributed by atoms with Crippen LogP contribution in [0.15, 0.2) is 133 Å². The zero-order valence-electron chi connectivity index (χ0n) is 22.4. The van der Waals surface area contributed by atoms with Gasteiger partial charge in [0.15, 0.2) is 11.5 Å². The molecular formula is C36H22BN3O2. The molecule has 0 saturated heterocycles. The number of fused-ring (bicyclic) bond motifs is 6. The fraction of sp³-hybridized carbons (Fsp3) is 0.0556. The first kappa shape index (κ1) is 21.4. The van der Waals surface area contributed by atoms with E-state index in [1.807, 2.05) is 6.07 Å². The molecule has 0 radical (unpaired) electrons. The number of anilines is 7. The number of hydrogen-bond donors (Lipinski definition) is 0. The molecule has 0 spiro atoms. The molecule has 196 valence electrons. The van der Waals surface area contributed by atoms with Crippen LogP contribution in [0.25, 0.3) is 0 Å². The average Bonchev–Trinajstić information content (AvgIpc) is 3.05. The minimum atomic E-state index is -0.0934. The van der Waals surface area contributed by atoms with Gasteiger partial charge in [-0.3, -0.25) is 0 Å². The molecule has 6 heteroatoms. The molecule has 0 saturated carbocycles. The van der Waals surface area contributed by atoms with Gasteiger partial charge in [-0.1, -0.05) is 48.5 Å². The zero-order chi connectivity index (χ0) is 27.1. The number of ether oxygens (including phenoxy) is 2. The summed E-state index contributed by atoms with van der Waals surface area (Å²) in [6.45, 7) is 0.0868. The predicted octanol–water partition coefficient (Wildman–Crippen LogP) is 6.98. The van der Waals surface area contributed by atoms with E-state index in [1.165, 1.54) is 39.2 Å². The van der Waals surface area contributed by atoms with Crippen LogP contribution in [-0.4, -0.2) is 18.9 Å². The Morgan fingerprint density at radius 2 is 1.31 bits per heavy atom. The van der Waals surface area contributed by atoms with Crippen molar-refractivity contribution in [1.82, 2.24) is 0 Å². The topological polar surface area (TPSA) is 28.2 Å². The van der Waals surface area contributed by atoms with Crippen molar-refractivity contribution in [1.29, 1.82) is 0 Å². The average molecular weight is 539 g/mol. The minimum Gasteiger partial charge on any atom is -0.482 e. The van der Waals surface area contributed by atoms with E-state index in [-0.39, 0.29) is 18.9 Å². The molecule has 0 fully saturated rings. The highest BCUT2D eigenvalue weighted by molar-refractivity contribution is 6.97. The lowest BCUT2D eigenvalue weighted by Gasteiger charge is -2.56. The summed E-state index contributed by atoms with van der Waals surface area (Å²) >= 11 is 0. The maximum atomic E-state index is 6.73. The van der Waals surface area contributed by atoms with Gasteiger partial charge < -0.3 is 24.2 Å². The summed E-state index contributed by atoms with van der Waals surface area (Å²) < 4.78 is 13.4. The highest BCUT2D eigenvalue weighted by Crippen LogP contribution is 2.58. The van der Waals surface area contributed by atoms with Gasteiger partial charge in [-0.05, 0) is 89.2 Å². The van der Waals surface area contributed by atoms with Gasteiger partial charge in [0.1, 0.15) is 11.9 Å². The summed E-state index contributed by atoms with van der Waals surface area (Å²) in [5, 5.41) is 0. The van der Waals surface area contributed by atoms with Gasteiger partial charge >= 0.3 is 0 Å². The fourth-order valence-corrected chi connectivity index (χ4v) is 8.23. The Kier molecular flexibility index (Phi) is 3.71. The molecule has 5 aromatic carbocycles. The predicted molar refractivity (Wildman–Crippen MR) is 168 cm³/mol. The second kappa shape index (κ2) is 7.28. The van der Waals surface area contributed by atoms with Crippen molar-refractivity contribution in [2.24, 2.45) is 0 Å². The number of benzene rings is 5. The van der Waals surface area contributed by atoms with Crippen LogP contribution in [0.3, 0.4) is 0 Å². The van der Waals surface area contributed by atoms with E-state index in [2.05, 4.69) is 130 Å². The molecule has 0 bridgehead atoms. The van der Waals surface area contributed by atoms with Gasteiger partial charge in [0.05, 0.1) is 23.1 Å². The smallest absolute Gasteiger partial charge is 0.253 e. The largest absolute Gasteiger partial charge is 0.482 e. The van der Waals surface area contributed by atoms with Gasteiger partial charge in [-0.25, -0.2) is 0 Å². The van der Waals surface area contributed by atoms with Gasteiger partial charge in [0, 0.05) is 28.4 Å². The molecule has 2 atom stereocenters. The van der Waals surface area contributed by atoms with Crippen LogP contribution in [0.4, 0.5) is 39.8 Å². The van der Waals surface area contributed by atoms with Crippen molar-refractivity contribution in [2.45, 2.75) is 12.1 Å². The van der Waals surface area contributed by atoms with E-state index in [9.17, 15) is 0 Å². The molecule has 5 nitrogen and oxygen atoms in total. The lowest BCUT2D eigenvalue weighted by atomic mass is 9.29. The van der Waals surface area contributed by atoms with Crippen LogP contribution in [0.5, 0.6) is 17.2 Å². The van der Waals surface area contributed by atoms with Crippen LogP contribution in [-0.2, 0) is 0 Å². The Labute approximate surface area is 243 Å². The SMILES string of the molecule is C1=CC2Oc3ccccc3N3c4cccc5c4B4C(=C1N(c1ccccc1)c1ccc6c(c14)N5c1ccccc1O6)C23. The molecule has 42 heavy (non-hydrogen) atoms. The van der Waals surface area contributed by atoms with E-state index in [1.54, 1.807) is 0 Å². The Balaban J connectivity index is 1.32. The number of para-hydroxylation sites is 5. The summed E-state index contributed by atoms with van der Waals surface area (Å²) in [5.41, 5.74) is 13.4. The van der Waals surface area contributed by atoms with Gasteiger partial charge in [0.25, 0.3) is 6.71 Å². The molecule has 5 aromatic rings. The van der Waals surface area contributed by atoms with Crippen molar-refractivity contribution in [2.75, 3.05) is 14.7 Å². The summed E-state index contributed by atoms with van der Waals surface area (Å²) in [7, 11) is 0. The third-order valence-corrected chi connectivity index (χ3v) is 9.69. The first-order valence-corrected chi connectivity index (χ1v) is 14.6. The van der Waals surface area contributed by atoms with E-state index in [0.29, 0.717) is 0 Å². The first-order valence-electron chi connectivity index (χ1n) is 14.6. The Bertz CT molecular complexity index is 2100. The fourth-order valence-electron chi connectivity index (χ4n) is 8.23. The lowest BCUT2D eigenvalue weighted by Crippen LogP contribution is -2.67. The summed E-state index contributed by atoms with van der Waals surface area (Å²) in [5.74, 6) is 2.70. The molecule has 5 aliphatic heterocycles. The van der Waals surface area contributed by atoms with Crippen molar-refractivity contribution in [3.05, 3.63) is 133 Å². The Hall–Kier alpha value is -5.36. The maximum Gasteiger partial charge on any atom is 0.253 e. The van der Waals surface area contributed by atoms with Crippen LogP contribution >= 0.6 is 0 Å². The summed E-state index contributed by atoms with van der Waals surface area (Å²) in [6.07, 6.45) is 4.46. The third kappa shape index (κ3) is 2.37. The molecule has 5 heterocycles. The molecule has 1 aliphatic carbocycles. The first-order chi connectivity index (χ1) is 20.9. The van der Waals surface area contributed by atoms with E-state index < -0.39 is 0 Å². The zero-order valence-corrected chi connectivity index (χ0v) is 22.4. The summed E-state index contributed by atoms with van der Waals surface area (Å²) in [4.78, 5) is 7.44. The second-order valence-electron chi connectivity index (χ2n) is 11.6. The van der Waals surface area contributed by atoms with Crippen LogP contribution in [0.2, 0.25) is 0 Å². The highest BCUT2D eigenvalue weighted by Gasteiger charge is 2.57. The number of nitrogens with zero attached hydrogens (tertiary/aromatic N) is 3. The molecule has 6 aliphatic rings. The third-order valence-electron chi connectivity index (χ3n) is 9.69. The van der Waals surface area contributed by atoms with E-state index in [4.69, 9.17) is 9.47 Å². The molecule has 0 N–H and O–H groups in total. The maximum absolute atomic E-state index is 6.73. The van der Waals surface area contributed by atoms with Crippen molar-refractivity contribution < 1.29 is 9.47 Å². The highest BCUT2D eigenvalue weighted by atomic mass is 16.5. The van der Waals surface area contributed by atoms with Gasteiger partial charge in [-0.15, -0.1) is 0 Å². The van der Waals surface area contributed by atoms with E-state index >= 15 is 0 Å². The number of hydrogen-bond acceptors (Lipinski definition) is 5. The minimum absolute atomic E-state index is 0.0335. The Morgan fingerprint density at radius 3 is 2.21 bits per heavy atom. The standard InChI is InChI=1S/C36H22BN3O2/c1-2-9-21(10-3-1)38-26-17-19-30-35-33(26)37-32-24(39(35)22-11-4-6-15-28(22)41-30)13-8-14-25(32)40-23-12-5-7-16-29(23)42-31-20-18-27(38)34(37)36(31)40/h1-20,30,35H. The van der Waals surface area contributed by atoms with Crippen LogP contribution in [0, 0.1) is 0 Å². The van der Waals surface area contributed by atoms with Crippen LogP contribution < -0.4 is 35.1 Å². The molecular weight excluding hydrogens is 517 g/mol. The normalized spacial score (nSPS) is 20.4. The number of allylic oxidation sites excluding steroid dienone is 1. The van der Waals surface area contributed by atoms with Crippen molar-refractivity contribution >= 4 is 57.5 Å². The molecule has 0 amide bonds. The monoisotopic (exact) mass is 539 g/mol. The quantitative estimate of drug-likeness (QED) is 0.210. The summed E-state index contributed by atoms with van der Waals surface area (Å²) in [6, 6.07) is 38.9. The second-order valence-corrected chi connectivity index (χ2v) is 11.6. The van der Waals surface area contributed by atoms with Gasteiger partial charge in [0.2, 0.25) is 0 Å². The Morgan fingerprint density at radius 1 is 0.571 bits per heavy atom. The van der Waals surface area contributed by atoms with Gasteiger partial charge in [-0.2, -0.15) is 0 Å². The lowest BCUT2D eigenvalue weighted by molar-refractivity contribution is 0.215. The van der Waals surface area contributed by atoms with E-state index in [0.717, 1.165) is 40.0 Å². The number of rotatable bonds is 1. The molecule has 0 aromatic heterocycles. The van der Waals surface area contributed by atoms with Crippen molar-refractivity contribution in [3.63, 3.8) is 0 Å². The van der Waals surface area contributed by atoms with Crippen molar-refractivity contribution in [3.8, 4) is 17.2 Å². The molecule has 2 unspecified atom stereocenters. The van der Waals surface area contributed by atoms with Crippen LogP contribution in [0.1, 0.15) is 0 Å². The molecule has 11 rings (SSSR count).